The maximum absolute atomic E-state index is 13.8. The summed E-state index contributed by atoms with van der Waals surface area (Å²) in [5.74, 6) is 1.18. The third-order valence-corrected chi connectivity index (χ3v) is 7.92. The van der Waals surface area contributed by atoms with Crippen LogP contribution in [-0.4, -0.2) is 19.3 Å². The van der Waals surface area contributed by atoms with E-state index in [1.807, 2.05) is 91.9 Å². The minimum atomic E-state index is -3.76. The van der Waals surface area contributed by atoms with Gasteiger partial charge in [-0.25, -0.2) is 8.42 Å². The maximum atomic E-state index is 13.8. The van der Waals surface area contributed by atoms with Crippen molar-refractivity contribution < 1.29 is 17.9 Å². The highest BCUT2D eigenvalue weighted by atomic mass is 32.2. The molecular weight excluding hydrogens is 472 g/mol. The third kappa shape index (κ3) is 4.94. The van der Waals surface area contributed by atoms with E-state index in [1.54, 1.807) is 18.2 Å². The van der Waals surface area contributed by atoms with Crippen molar-refractivity contribution >= 4 is 15.7 Å². The topological polar surface area (TPSA) is 67.9 Å². The second-order valence-corrected chi connectivity index (χ2v) is 10.4. The summed E-state index contributed by atoms with van der Waals surface area (Å²) in [4.78, 5) is 0.269. The van der Waals surface area contributed by atoms with Gasteiger partial charge >= 0.3 is 0 Å². The molecular formula is C29H28N2O4S. The van der Waals surface area contributed by atoms with Crippen LogP contribution in [0.3, 0.4) is 0 Å². The Balaban J connectivity index is 1.51. The lowest BCUT2D eigenvalue weighted by Crippen LogP contribution is -2.42. The van der Waals surface area contributed by atoms with E-state index < -0.39 is 16.2 Å². The monoisotopic (exact) mass is 500 g/mol. The molecule has 0 amide bonds. The highest BCUT2D eigenvalue weighted by Crippen LogP contribution is 2.41. The van der Waals surface area contributed by atoms with E-state index >= 15 is 0 Å². The number of sulfonamides is 1. The summed E-state index contributed by atoms with van der Waals surface area (Å²) in [6.45, 7) is 3.00. The number of hydrogen-bond donors (Lipinski definition) is 1. The van der Waals surface area contributed by atoms with Gasteiger partial charge in [-0.1, -0.05) is 78.9 Å². The molecule has 0 bridgehead atoms. The molecule has 1 atom stereocenters. The van der Waals surface area contributed by atoms with E-state index in [4.69, 9.17) is 9.47 Å². The first-order chi connectivity index (χ1) is 17.6. The summed E-state index contributed by atoms with van der Waals surface area (Å²) in [6.07, 6.45) is -0.618. The number of anilines is 1. The van der Waals surface area contributed by atoms with Crippen molar-refractivity contribution in [2.45, 2.75) is 31.1 Å². The van der Waals surface area contributed by atoms with Crippen LogP contribution in [0, 0.1) is 0 Å². The number of hydrogen-bond acceptors (Lipinski definition) is 5. The molecule has 0 radical (unpaired) electrons. The van der Waals surface area contributed by atoms with Crippen LogP contribution in [0.5, 0.6) is 11.5 Å². The molecule has 0 aromatic heterocycles. The summed E-state index contributed by atoms with van der Waals surface area (Å²) in [5, 5.41) is 3.44. The zero-order chi connectivity index (χ0) is 25.0. The predicted molar refractivity (Wildman–Crippen MR) is 140 cm³/mol. The van der Waals surface area contributed by atoms with Crippen molar-refractivity contribution in [1.82, 2.24) is 4.31 Å². The Morgan fingerprint density at radius 2 is 1.44 bits per heavy atom. The van der Waals surface area contributed by atoms with Gasteiger partial charge in [0.1, 0.15) is 17.7 Å². The second-order valence-electron chi connectivity index (χ2n) is 8.49. The number of rotatable bonds is 8. The summed E-state index contributed by atoms with van der Waals surface area (Å²) < 4.78 is 41.0. The Hall–Kier alpha value is -3.81. The quantitative estimate of drug-likeness (QED) is 0.322. The fourth-order valence-electron chi connectivity index (χ4n) is 4.30. The molecule has 1 N–H and O–H groups in total. The lowest BCUT2D eigenvalue weighted by Gasteiger charge is -2.37. The molecule has 0 fully saturated rings. The predicted octanol–water partition coefficient (Wildman–Crippen LogP) is 5.98. The highest BCUT2D eigenvalue weighted by molar-refractivity contribution is 7.89. The summed E-state index contributed by atoms with van der Waals surface area (Å²) in [7, 11) is -3.76. The molecule has 1 aliphatic rings. The van der Waals surface area contributed by atoms with Gasteiger partial charge in [0.05, 0.1) is 12.3 Å². The standard InChI is InChI=1S/C29H28N2O4S/c1-2-34-27-19-24(17-18-26(27)35-21-23-13-7-4-8-14-23)29-30-25-15-9-10-16-28(25)36(32,33)31(29)20-22-11-5-3-6-12-22/h3-19,29-30H,2,20-21H2,1H3/t29-/m1/s1. The third-order valence-electron chi connectivity index (χ3n) is 6.06. The van der Waals surface area contributed by atoms with Crippen molar-refractivity contribution in [3.8, 4) is 11.5 Å². The molecule has 184 valence electrons. The van der Waals surface area contributed by atoms with E-state index in [9.17, 15) is 8.42 Å². The molecule has 1 heterocycles. The van der Waals surface area contributed by atoms with Gasteiger partial charge in [0.2, 0.25) is 10.0 Å². The Labute approximate surface area is 212 Å². The van der Waals surface area contributed by atoms with E-state index in [2.05, 4.69) is 5.32 Å². The van der Waals surface area contributed by atoms with Crippen LogP contribution in [0.4, 0.5) is 5.69 Å². The van der Waals surface area contributed by atoms with Gasteiger partial charge in [-0.3, -0.25) is 0 Å². The van der Waals surface area contributed by atoms with Crippen molar-refractivity contribution in [3.63, 3.8) is 0 Å². The van der Waals surface area contributed by atoms with Crippen LogP contribution in [0.1, 0.15) is 29.8 Å². The number of nitrogens with zero attached hydrogens (tertiary/aromatic N) is 1. The minimum absolute atomic E-state index is 0.228. The average molecular weight is 501 g/mol. The maximum Gasteiger partial charge on any atom is 0.247 e. The van der Waals surface area contributed by atoms with Crippen molar-refractivity contribution in [2.75, 3.05) is 11.9 Å². The summed E-state index contributed by atoms with van der Waals surface area (Å²) >= 11 is 0. The molecule has 4 aromatic rings. The van der Waals surface area contributed by atoms with Crippen LogP contribution in [0.15, 0.2) is 108 Å². The lowest BCUT2D eigenvalue weighted by atomic mass is 10.1. The fourth-order valence-corrected chi connectivity index (χ4v) is 5.98. The SMILES string of the molecule is CCOc1cc([C@@H]2Nc3ccccc3S(=O)(=O)N2Cc2ccccc2)ccc1OCc1ccccc1. The molecule has 0 saturated carbocycles. The zero-order valence-electron chi connectivity index (χ0n) is 20.0. The molecule has 7 heteroatoms. The van der Waals surface area contributed by atoms with E-state index in [0.29, 0.717) is 30.4 Å². The average Bonchev–Trinajstić information content (AvgIpc) is 2.91. The van der Waals surface area contributed by atoms with E-state index in [0.717, 1.165) is 16.7 Å². The van der Waals surface area contributed by atoms with Crippen LogP contribution < -0.4 is 14.8 Å². The minimum Gasteiger partial charge on any atom is -0.490 e. The lowest BCUT2D eigenvalue weighted by molar-refractivity contribution is 0.268. The van der Waals surface area contributed by atoms with Gasteiger partial charge in [0, 0.05) is 6.54 Å². The zero-order valence-corrected chi connectivity index (χ0v) is 20.8. The van der Waals surface area contributed by atoms with Crippen LogP contribution in [0.25, 0.3) is 0 Å². The normalized spacial score (nSPS) is 16.5. The first kappa shape index (κ1) is 23.9. The Morgan fingerprint density at radius 1 is 0.778 bits per heavy atom. The number of fused-ring (bicyclic) bond motifs is 1. The molecule has 6 nitrogen and oxygen atoms in total. The molecule has 1 aliphatic heterocycles. The van der Waals surface area contributed by atoms with Crippen LogP contribution >= 0.6 is 0 Å². The molecule has 36 heavy (non-hydrogen) atoms. The van der Waals surface area contributed by atoms with Gasteiger partial charge in [0.15, 0.2) is 11.5 Å². The Bertz CT molecular complexity index is 1430. The molecule has 5 rings (SSSR count). The molecule has 0 unspecified atom stereocenters. The molecule has 0 spiro atoms. The summed E-state index contributed by atoms with van der Waals surface area (Å²) in [5.41, 5.74) is 3.29. The molecule has 0 aliphatic carbocycles. The molecule has 0 saturated heterocycles. The molecule has 4 aromatic carbocycles. The van der Waals surface area contributed by atoms with Gasteiger partial charge in [-0.05, 0) is 47.9 Å². The van der Waals surface area contributed by atoms with Gasteiger partial charge < -0.3 is 14.8 Å². The van der Waals surface area contributed by atoms with Crippen LogP contribution in [0.2, 0.25) is 0 Å². The van der Waals surface area contributed by atoms with E-state index in [-0.39, 0.29) is 11.4 Å². The van der Waals surface area contributed by atoms with Crippen molar-refractivity contribution in [2.24, 2.45) is 0 Å². The first-order valence-corrected chi connectivity index (χ1v) is 13.3. The Morgan fingerprint density at radius 3 is 2.17 bits per heavy atom. The fraction of sp³-hybridized carbons (Fsp3) is 0.172. The van der Waals surface area contributed by atoms with Crippen molar-refractivity contribution in [3.05, 3.63) is 120 Å². The second kappa shape index (κ2) is 10.4. The number of nitrogens with one attached hydrogen (secondary N) is 1. The number of ether oxygens (including phenoxy) is 2. The van der Waals surface area contributed by atoms with E-state index in [1.165, 1.54) is 4.31 Å². The number of para-hydroxylation sites is 1. The van der Waals surface area contributed by atoms with Gasteiger partial charge in [-0.15, -0.1) is 0 Å². The smallest absolute Gasteiger partial charge is 0.247 e. The Kier molecular flexibility index (Phi) is 6.93. The van der Waals surface area contributed by atoms with Gasteiger partial charge in [-0.2, -0.15) is 4.31 Å². The van der Waals surface area contributed by atoms with Crippen molar-refractivity contribution in [1.29, 1.82) is 0 Å². The highest BCUT2D eigenvalue weighted by Gasteiger charge is 2.39. The van der Waals surface area contributed by atoms with Crippen LogP contribution in [-0.2, 0) is 23.2 Å². The largest absolute Gasteiger partial charge is 0.490 e. The summed E-state index contributed by atoms with van der Waals surface area (Å²) in [6, 6.07) is 32.1. The number of benzene rings is 4. The first-order valence-electron chi connectivity index (χ1n) is 11.9. The van der Waals surface area contributed by atoms with Gasteiger partial charge in [0.25, 0.3) is 0 Å².